The number of carbonyl (C=O) groups excluding carboxylic acids is 1. The number of fused-ring (bicyclic) bond motifs is 1. The number of ether oxygens (including phenoxy) is 1. The summed E-state index contributed by atoms with van der Waals surface area (Å²) in [7, 11) is 0. The molecule has 6 nitrogen and oxygen atoms in total. The number of aromatic nitrogens is 3. The highest BCUT2D eigenvalue weighted by Crippen LogP contribution is 2.30. The number of anilines is 1. The standard InChI is InChI=1S/C12H11ClN4O2/c13-9-1-2-10-7(4-9)3-8(5-19-10)11(18)16-12-14-6-15-17-12/h1-2,4,6,8H,3,5H2,(H2,14,15,16,17,18)/t8-/m1/s1. The Labute approximate surface area is 114 Å². The average Bonchev–Trinajstić information content (AvgIpc) is 2.90. The van der Waals surface area contributed by atoms with E-state index in [-0.39, 0.29) is 11.8 Å². The van der Waals surface area contributed by atoms with Crippen LogP contribution in [0.25, 0.3) is 0 Å². The number of rotatable bonds is 2. The quantitative estimate of drug-likeness (QED) is 0.875. The third-order valence-corrected chi connectivity index (χ3v) is 3.19. The molecule has 19 heavy (non-hydrogen) atoms. The molecule has 1 amide bonds. The maximum atomic E-state index is 12.0. The molecule has 1 aliphatic rings. The van der Waals surface area contributed by atoms with Crippen molar-refractivity contribution in [1.29, 1.82) is 0 Å². The number of amides is 1. The summed E-state index contributed by atoms with van der Waals surface area (Å²) in [5, 5.41) is 9.54. The molecule has 98 valence electrons. The molecule has 0 bridgehead atoms. The first-order chi connectivity index (χ1) is 9.22. The second-order valence-electron chi connectivity index (χ2n) is 4.29. The van der Waals surface area contributed by atoms with E-state index in [4.69, 9.17) is 16.3 Å². The van der Waals surface area contributed by atoms with Gasteiger partial charge in [-0.25, -0.2) is 5.10 Å². The Balaban J connectivity index is 1.72. The molecule has 0 aliphatic carbocycles. The summed E-state index contributed by atoms with van der Waals surface area (Å²) in [5.41, 5.74) is 0.941. The Morgan fingerprint density at radius 1 is 1.53 bits per heavy atom. The second-order valence-corrected chi connectivity index (χ2v) is 4.72. The van der Waals surface area contributed by atoms with Crippen molar-refractivity contribution in [1.82, 2.24) is 15.2 Å². The number of hydrogen-bond acceptors (Lipinski definition) is 4. The highest BCUT2D eigenvalue weighted by atomic mass is 35.5. The molecule has 0 fully saturated rings. The van der Waals surface area contributed by atoms with Crippen LogP contribution in [0, 0.1) is 5.92 Å². The number of carbonyl (C=O) groups is 1. The monoisotopic (exact) mass is 278 g/mol. The highest BCUT2D eigenvalue weighted by Gasteiger charge is 2.26. The van der Waals surface area contributed by atoms with Gasteiger partial charge in [0.1, 0.15) is 18.7 Å². The number of nitrogens with one attached hydrogen (secondary N) is 2. The molecule has 0 spiro atoms. The maximum Gasteiger partial charge on any atom is 0.233 e. The van der Waals surface area contributed by atoms with Crippen molar-refractivity contribution >= 4 is 23.5 Å². The minimum Gasteiger partial charge on any atom is -0.492 e. The first kappa shape index (κ1) is 12.0. The van der Waals surface area contributed by atoms with Crippen LogP contribution in [-0.4, -0.2) is 27.7 Å². The van der Waals surface area contributed by atoms with E-state index < -0.39 is 0 Å². The molecule has 2 N–H and O–H groups in total. The summed E-state index contributed by atoms with van der Waals surface area (Å²) in [4.78, 5) is 15.9. The minimum absolute atomic E-state index is 0.151. The molecule has 0 unspecified atom stereocenters. The van der Waals surface area contributed by atoms with Gasteiger partial charge in [-0.15, -0.1) is 0 Å². The topological polar surface area (TPSA) is 79.9 Å². The molecule has 2 aromatic rings. The highest BCUT2D eigenvalue weighted by molar-refractivity contribution is 6.30. The van der Waals surface area contributed by atoms with Crippen LogP contribution < -0.4 is 10.1 Å². The normalized spacial score (nSPS) is 17.4. The molecule has 0 saturated heterocycles. The zero-order valence-electron chi connectivity index (χ0n) is 9.89. The number of H-pyrrole nitrogens is 1. The Hall–Kier alpha value is -2.08. The van der Waals surface area contributed by atoms with Gasteiger partial charge in [0.25, 0.3) is 0 Å². The third-order valence-electron chi connectivity index (χ3n) is 2.96. The van der Waals surface area contributed by atoms with Crippen LogP contribution in [0.2, 0.25) is 5.02 Å². The number of benzene rings is 1. The minimum atomic E-state index is -0.268. The van der Waals surface area contributed by atoms with Gasteiger partial charge in [0, 0.05) is 5.02 Å². The van der Waals surface area contributed by atoms with Gasteiger partial charge in [0.2, 0.25) is 11.9 Å². The second kappa shape index (κ2) is 4.89. The summed E-state index contributed by atoms with van der Waals surface area (Å²) >= 11 is 5.94. The van der Waals surface area contributed by atoms with Crippen molar-refractivity contribution in [3.63, 3.8) is 0 Å². The Kier molecular flexibility index (Phi) is 3.08. The lowest BCUT2D eigenvalue weighted by Gasteiger charge is -2.24. The largest absolute Gasteiger partial charge is 0.492 e. The molecule has 2 heterocycles. The van der Waals surface area contributed by atoms with Gasteiger partial charge in [-0.3, -0.25) is 10.1 Å². The van der Waals surface area contributed by atoms with Gasteiger partial charge in [-0.1, -0.05) is 11.6 Å². The summed E-state index contributed by atoms with van der Waals surface area (Å²) in [5.74, 6) is 0.702. The van der Waals surface area contributed by atoms with E-state index in [1.807, 2.05) is 12.1 Å². The van der Waals surface area contributed by atoms with Gasteiger partial charge in [-0.2, -0.15) is 10.1 Å². The van der Waals surface area contributed by atoms with Crippen LogP contribution in [-0.2, 0) is 11.2 Å². The van der Waals surface area contributed by atoms with Crippen molar-refractivity contribution in [3.8, 4) is 5.75 Å². The van der Waals surface area contributed by atoms with E-state index in [0.29, 0.717) is 24.0 Å². The van der Waals surface area contributed by atoms with Gasteiger partial charge in [0.15, 0.2) is 0 Å². The number of aromatic amines is 1. The Bertz CT molecular complexity index is 600. The Morgan fingerprint density at radius 3 is 3.21 bits per heavy atom. The molecule has 1 aromatic heterocycles. The van der Waals surface area contributed by atoms with E-state index in [2.05, 4.69) is 20.5 Å². The zero-order chi connectivity index (χ0) is 13.2. The van der Waals surface area contributed by atoms with Crippen molar-refractivity contribution in [2.24, 2.45) is 5.92 Å². The van der Waals surface area contributed by atoms with Gasteiger partial charge < -0.3 is 4.74 Å². The summed E-state index contributed by atoms with van der Waals surface area (Å²) in [6.45, 7) is 0.342. The number of hydrogen-bond donors (Lipinski definition) is 2. The molecule has 3 rings (SSSR count). The average molecular weight is 279 g/mol. The third kappa shape index (κ3) is 2.53. The van der Waals surface area contributed by atoms with Crippen LogP contribution in [0.15, 0.2) is 24.5 Å². The molecule has 1 atom stereocenters. The predicted molar refractivity (Wildman–Crippen MR) is 69.2 cm³/mol. The summed E-state index contributed by atoms with van der Waals surface area (Å²) in [6.07, 6.45) is 1.93. The number of nitrogens with zero attached hydrogens (tertiary/aromatic N) is 2. The fraction of sp³-hybridized carbons (Fsp3) is 0.250. The van der Waals surface area contributed by atoms with Crippen molar-refractivity contribution in [3.05, 3.63) is 35.1 Å². The molecular weight excluding hydrogens is 268 g/mol. The van der Waals surface area contributed by atoms with E-state index in [9.17, 15) is 4.79 Å². The molecule has 7 heteroatoms. The van der Waals surface area contributed by atoms with Crippen molar-refractivity contribution in [2.45, 2.75) is 6.42 Å². The van der Waals surface area contributed by atoms with Crippen molar-refractivity contribution < 1.29 is 9.53 Å². The first-order valence-electron chi connectivity index (χ1n) is 5.80. The lowest BCUT2D eigenvalue weighted by Crippen LogP contribution is -2.32. The maximum absolute atomic E-state index is 12.0. The number of halogens is 1. The molecule has 1 aromatic carbocycles. The van der Waals surface area contributed by atoms with E-state index in [0.717, 1.165) is 11.3 Å². The van der Waals surface area contributed by atoms with Gasteiger partial charge in [-0.05, 0) is 30.2 Å². The van der Waals surface area contributed by atoms with Gasteiger partial charge in [0.05, 0.1) is 5.92 Å². The summed E-state index contributed by atoms with van der Waals surface area (Å²) < 4.78 is 5.57. The molecule has 0 radical (unpaired) electrons. The van der Waals surface area contributed by atoms with Crippen LogP contribution in [0.4, 0.5) is 5.95 Å². The van der Waals surface area contributed by atoms with Gasteiger partial charge >= 0.3 is 0 Å². The predicted octanol–water partition coefficient (Wildman–Crippen LogP) is 1.65. The zero-order valence-corrected chi connectivity index (χ0v) is 10.6. The van der Waals surface area contributed by atoms with Crippen LogP contribution in [0.1, 0.15) is 5.56 Å². The first-order valence-corrected chi connectivity index (χ1v) is 6.17. The molecule has 0 saturated carbocycles. The van der Waals surface area contributed by atoms with E-state index in [1.54, 1.807) is 6.07 Å². The van der Waals surface area contributed by atoms with Crippen LogP contribution >= 0.6 is 11.6 Å². The summed E-state index contributed by atoms with van der Waals surface area (Å²) in [6, 6.07) is 5.42. The molecular formula is C12H11ClN4O2. The SMILES string of the molecule is O=C(Nc1ncn[nH]1)[C@H]1COc2ccc(Cl)cc2C1. The molecule has 1 aliphatic heterocycles. The smallest absolute Gasteiger partial charge is 0.233 e. The fourth-order valence-electron chi connectivity index (χ4n) is 2.02. The lowest BCUT2D eigenvalue weighted by molar-refractivity contribution is -0.121. The van der Waals surface area contributed by atoms with Crippen molar-refractivity contribution in [2.75, 3.05) is 11.9 Å². The van der Waals surface area contributed by atoms with E-state index >= 15 is 0 Å². The van der Waals surface area contributed by atoms with Crippen LogP contribution in [0.5, 0.6) is 5.75 Å². The fourth-order valence-corrected chi connectivity index (χ4v) is 2.21. The van der Waals surface area contributed by atoms with E-state index in [1.165, 1.54) is 6.33 Å². The van der Waals surface area contributed by atoms with Crippen LogP contribution in [0.3, 0.4) is 0 Å². The lowest BCUT2D eigenvalue weighted by atomic mass is 9.96. The Morgan fingerprint density at radius 2 is 2.42 bits per heavy atom.